The van der Waals surface area contributed by atoms with Gasteiger partial charge in [0, 0.05) is 62.1 Å². The van der Waals surface area contributed by atoms with E-state index in [0.717, 1.165) is 61.5 Å². The Bertz CT molecular complexity index is 1190. The first-order valence-electron chi connectivity index (χ1n) is 11.7. The van der Waals surface area contributed by atoms with Crippen LogP contribution >= 0.6 is 11.6 Å². The number of benzene rings is 1. The third-order valence-electron chi connectivity index (χ3n) is 6.49. The van der Waals surface area contributed by atoms with Gasteiger partial charge in [-0.25, -0.2) is 19.1 Å². The van der Waals surface area contributed by atoms with E-state index in [2.05, 4.69) is 21.0 Å². The quantitative estimate of drug-likeness (QED) is 0.564. The van der Waals surface area contributed by atoms with Crippen molar-refractivity contribution < 1.29 is 19.8 Å². The smallest absolute Gasteiger partial charge is 0.347 e. The molecule has 1 aromatic heterocycles. The molecule has 0 spiro atoms. The largest absolute Gasteiger partial charge is 0.478 e. The van der Waals surface area contributed by atoms with Crippen molar-refractivity contribution in [3.63, 3.8) is 0 Å². The molecule has 1 saturated carbocycles. The summed E-state index contributed by atoms with van der Waals surface area (Å²) in [5.41, 5.74) is 0.523. The van der Waals surface area contributed by atoms with Gasteiger partial charge >= 0.3 is 17.6 Å². The fourth-order valence-corrected chi connectivity index (χ4v) is 4.76. The molecule has 194 valence electrons. The number of carbonyl (C=O) groups is 2. The first-order valence-corrected chi connectivity index (χ1v) is 12.1. The number of hydrogen-bond acceptors (Lipinski definition) is 7. The molecule has 0 bridgehead atoms. The molecule has 2 fully saturated rings. The normalized spacial score (nSPS) is 20.6. The predicted molar refractivity (Wildman–Crippen MR) is 135 cm³/mol. The maximum absolute atomic E-state index is 12.3. The number of carboxylic acids is 2. The molecule has 1 aromatic carbocycles. The van der Waals surface area contributed by atoms with Crippen molar-refractivity contribution in [3.8, 4) is 0 Å². The molecule has 36 heavy (non-hydrogen) atoms. The molecule has 2 heterocycles. The van der Waals surface area contributed by atoms with Crippen LogP contribution in [0.2, 0.25) is 5.02 Å². The minimum Gasteiger partial charge on any atom is -0.478 e. The van der Waals surface area contributed by atoms with Gasteiger partial charge in [0.05, 0.1) is 6.04 Å². The Balaban J connectivity index is 0.000000392. The zero-order valence-corrected chi connectivity index (χ0v) is 20.8. The van der Waals surface area contributed by atoms with Gasteiger partial charge in [0.15, 0.2) is 0 Å². The highest BCUT2D eigenvalue weighted by molar-refractivity contribution is 6.30. The van der Waals surface area contributed by atoms with Gasteiger partial charge in [-0.3, -0.25) is 14.3 Å². The number of anilines is 1. The van der Waals surface area contributed by atoms with Crippen molar-refractivity contribution in [1.82, 2.24) is 19.2 Å². The number of piperazine rings is 1. The van der Waals surface area contributed by atoms with Crippen LogP contribution in [0.25, 0.3) is 0 Å². The van der Waals surface area contributed by atoms with Gasteiger partial charge in [0.25, 0.3) is 5.56 Å². The minimum absolute atomic E-state index is 0.0864. The van der Waals surface area contributed by atoms with Crippen molar-refractivity contribution in [3.05, 3.63) is 68.5 Å². The van der Waals surface area contributed by atoms with Gasteiger partial charge in [-0.1, -0.05) is 17.7 Å². The van der Waals surface area contributed by atoms with Crippen LogP contribution in [0.4, 0.5) is 5.69 Å². The Hall–Kier alpha value is -3.44. The number of aliphatic carboxylic acids is 2. The maximum Gasteiger partial charge on any atom is 0.347 e. The van der Waals surface area contributed by atoms with Crippen LogP contribution in [0.5, 0.6) is 0 Å². The lowest BCUT2D eigenvalue weighted by molar-refractivity contribution is -0.134. The molecule has 0 amide bonds. The molecule has 0 atom stereocenters. The molecule has 11 nitrogen and oxygen atoms in total. The first-order chi connectivity index (χ1) is 17.2. The summed E-state index contributed by atoms with van der Waals surface area (Å²) in [5.74, 6) is -2.51. The minimum atomic E-state index is -1.26. The third kappa shape index (κ3) is 7.28. The van der Waals surface area contributed by atoms with E-state index in [1.165, 1.54) is 23.6 Å². The predicted octanol–water partition coefficient (Wildman–Crippen LogP) is 1.61. The van der Waals surface area contributed by atoms with Gasteiger partial charge in [-0.05, 0) is 43.9 Å². The summed E-state index contributed by atoms with van der Waals surface area (Å²) in [5, 5.41) is 20.5. The Kier molecular flexibility index (Phi) is 9.43. The molecule has 1 saturated heterocycles. The number of carboxylic acid groups (broad SMARTS) is 2. The molecule has 4 rings (SSSR count). The summed E-state index contributed by atoms with van der Waals surface area (Å²) in [7, 11) is 1.51. The van der Waals surface area contributed by atoms with E-state index in [9.17, 15) is 19.2 Å². The van der Waals surface area contributed by atoms with Gasteiger partial charge in [0.1, 0.15) is 6.20 Å². The fraction of sp³-hybridized carbons (Fsp3) is 0.458. The van der Waals surface area contributed by atoms with Gasteiger partial charge in [-0.15, -0.1) is 0 Å². The monoisotopic (exact) mass is 519 g/mol. The number of halogens is 1. The highest BCUT2D eigenvalue weighted by atomic mass is 35.5. The van der Waals surface area contributed by atoms with E-state index < -0.39 is 11.9 Å². The third-order valence-corrected chi connectivity index (χ3v) is 6.73. The van der Waals surface area contributed by atoms with E-state index in [-0.39, 0.29) is 17.3 Å². The topological polar surface area (TPSA) is 138 Å². The highest BCUT2D eigenvalue weighted by Gasteiger charge is 2.30. The molecule has 2 N–H and O–H groups in total. The van der Waals surface area contributed by atoms with Crippen LogP contribution in [-0.4, -0.2) is 73.6 Å². The van der Waals surface area contributed by atoms with Crippen molar-refractivity contribution in [2.24, 2.45) is 7.05 Å². The van der Waals surface area contributed by atoms with Gasteiger partial charge in [-0.2, -0.15) is 5.10 Å². The summed E-state index contributed by atoms with van der Waals surface area (Å²) < 4.78 is 2.63. The lowest BCUT2D eigenvalue weighted by Gasteiger charge is -2.42. The van der Waals surface area contributed by atoms with Crippen LogP contribution < -0.4 is 16.1 Å². The van der Waals surface area contributed by atoms with Crippen LogP contribution in [0, 0.1) is 0 Å². The van der Waals surface area contributed by atoms with Crippen LogP contribution in [0.1, 0.15) is 31.7 Å². The standard InChI is InChI=1S/C20H26ClN5O2.C4H4O4/c1-23-19(27)14-22-26(20(23)28)17-7-5-16(6-8-17)24-9-11-25(12-10-24)18-4-2-3-15(21)13-18;5-3(6)1-2-4(7)8/h2-4,13-14,16-17H,5-12H2,1H3;1-2H,(H,5,6)(H,7,8)/b;2-1+. The number of rotatable bonds is 5. The zero-order chi connectivity index (χ0) is 26.2. The van der Waals surface area contributed by atoms with Crippen molar-refractivity contribution in [2.45, 2.75) is 37.8 Å². The molecule has 1 aliphatic heterocycles. The second-order valence-electron chi connectivity index (χ2n) is 8.74. The summed E-state index contributed by atoms with van der Waals surface area (Å²) in [6, 6.07) is 8.69. The van der Waals surface area contributed by atoms with Crippen LogP contribution in [0.15, 0.2) is 52.2 Å². The summed E-state index contributed by atoms with van der Waals surface area (Å²) in [4.78, 5) is 47.9. The van der Waals surface area contributed by atoms with Crippen LogP contribution in [0.3, 0.4) is 0 Å². The second kappa shape index (κ2) is 12.5. The van der Waals surface area contributed by atoms with Gasteiger partial charge < -0.3 is 15.1 Å². The lowest BCUT2D eigenvalue weighted by atomic mass is 9.90. The Morgan fingerprint density at radius 1 is 0.972 bits per heavy atom. The SMILES string of the molecule is Cn1c(=O)cnn(C2CCC(N3CCN(c4cccc(Cl)c4)CC3)CC2)c1=O.O=C(O)/C=C/C(=O)O. The first kappa shape index (κ1) is 27.2. The van der Waals surface area contributed by atoms with E-state index in [4.69, 9.17) is 21.8 Å². The average molecular weight is 520 g/mol. The second-order valence-corrected chi connectivity index (χ2v) is 9.18. The number of nitrogens with zero attached hydrogens (tertiary/aromatic N) is 5. The van der Waals surface area contributed by atoms with Crippen molar-refractivity contribution in [2.75, 3.05) is 31.1 Å². The van der Waals surface area contributed by atoms with E-state index in [1.807, 2.05) is 18.2 Å². The fourth-order valence-electron chi connectivity index (χ4n) is 4.57. The molecule has 1 aliphatic carbocycles. The molecular weight excluding hydrogens is 490 g/mol. The summed E-state index contributed by atoms with van der Waals surface area (Å²) in [6.07, 6.45) is 6.30. The van der Waals surface area contributed by atoms with E-state index in [1.54, 1.807) is 0 Å². The zero-order valence-electron chi connectivity index (χ0n) is 20.0. The summed E-state index contributed by atoms with van der Waals surface area (Å²) in [6.45, 7) is 4.09. The average Bonchev–Trinajstić information content (AvgIpc) is 2.87. The Morgan fingerprint density at radius 3 is 2.11 bits per heavy atom. The lowest BCUT2D eigenvalue weighted by Crippen LogP contribution is -2.51. The van der Waals surface area contributed by atoms with Gasteiger partial charge in [0.2, 0.25) is 0 Å². The van der Waals surface area contributed by atoms with E-state index >= 15 is 0 Å². The van der Waals surface area contributed by atoms with Crippen molar-refractivity contribution >= 4 is 29.2 Å². The Labute approximate surface area is 212 Å². The summed E-state index contributed by atoms with van der Waals surface area (Å²) >= 11 is 6.12. The Morgan fingerprint density at radius 2 is 1.56 bits per heavy atom. The van der Waals surface area contributed by atoms with Crippen molar-refractivity contribution in [1.29, 1.82) is 0 Å². The molecule has 2 aliphatic rings. The van der Waals surface area contributed by atoms with Crippen LogP contribution in [-0.2, 0) is 16.6 Å². The number of hydrogen-bond donors (Lipinski definition) is 2. The molecule has 0 unspecified atom stereocenters. The maximum atomic E-state index is 12.3. The molecular formula is C24H30ClN5O6. The molecule has 12 heteroatoms. The molecule has 0 radical (unpaired) electrons. The van der Waals surface area contributed by atoms with E-state index in [0.29, 0.717) is 18.2 Å². The highest BCUT2D eigenvalue weighted by Crippen LogP contribution is 2.31. The molecule has 2 aromatic rings. The number of aromatic nitrogens is 3.